The molecule has 1 aromatic heterocycles. The van der Waals surface area contributed by atoms with Crippen LogP contribution in [-0.4, -0.2) is 4.98 Å². The first-order chi connectivity index (χ1) is 4.86. The van der Waals surface area contributed by atoms with Crippen molar-refractivity contribution >= 4 is 11.1 Å². The third-order valence-corrected chi connectivity index (χ3v) is 1.39. The fourth-order valence-corrected chi connectivity index (χ4v) is 0.903. The highest BCUT2D eigenvalue weighted by Crippen LogP contribution is 2.12. The SMILES string of the molecule is [CH2]c1ccc2ocnc2c1. The van der Waals surface area contributed by atoms with E-state index in [1.54, 1.807) is 0 Å². The summed E-state index contributed by atoms with van der Waals surface area (Å²) in [7, 11) is 0. The second-order valence-electron chi connectivity index (χ2n) is 2.15. The minimum atomic E-state index is 0.812. The first kappa shape index (κ1) is 5.47. The Balaban J connectivity index is 2.86. The summed E-state index contributed by atoms with van der Waals surface area (Å²) in [6.07, 6.45) is 1.43. The molecular weight excluding hydrogens is 126 g/mol. The monoisotopic (exact) mass is 132 g/mol. The smallest absolute Gasteiger partial charge is 0.181 e. The second-order valence-corrected chi connectivity index (χ2v) is 2.15. The van der Waals surface area contributed by atoms with Gasteiger partial charge in [0.05, 0.1) is 0 Å². The predicted octanol–water partition coefficient (Wildman–Crippen LogP) is 2.01. The number of fused-ring (bicyclic) bond motifs is 1. The summed E-state index contributed by atoms with van der Waals surface area (Å²) in [4.78, 5) is 3.97. The first-order valence-corrected chi connectivity index (χ1v) is 3.01. The van der Waals surface area contributed by atoms with Gasteiger partial charge >= 0.3 is 0 Å². The van der Waals surface area contributed by atoms with Gasteiger partial charge in [0.15, 0.2) is 12.0 Å². The average molecular weight is 132 g/mol. The lowest BCUT2D eigenvalue weighted by molar-refractivity contribution is 0.602. The third-order valence-electron chi connectivity index (χ3n) is 1.39. The molecule has 0 aliphatic rings. The normalized spacial score (nSPS) is 10.5. The van der Waals surface area contributed by atoms with Gasteiger partial charge in [-0.2, -0.15) is 0 Å². The number of hydrogen-bond donors (Lipinski definition) is 0. The van der Waals surface area contributed by atoms with Crippen molar-refractivity contribution in [2.75, 3.05) is 0 Å². The van der Waals surface area contributed by atoms with Gasteiger partial charge in [-0.05, 0) is 24.6 Å². The van der Waals surface area contributed by atoms with Gasteiger partial charge in [-0.1, -0.05) is 6.07 Å². The Kier molecular flexibility index (Phi) is 1.01. The van der Waals surface area contributed by atoms with Crippen molar-refractivity contribution in [3.8, 4) is 0 Å². The van der Waals surface area contributed by atoms with Gasteiger partial charge in [0.1, 0.15) is 5.52 Å². The van der Waals surface area contributed by atoms with Gasteiger partial charge in [-0.25, -0.2) is 4.98 Å². The molecule has 0 saturated carbocycles. The van der Waals surface area contributed by atoms with E-state index in [4.69, 9.17) is 4.42 Å². The molecule has 2 nitrogen and oxygen atoms in total. The molecule has 49 valence electrons. The molecule has 0 aliphatic carbocycles. The molecule has 0 unspecified atom stereocenters. The van der Waals surface area contributed by atoms with E-state index in [-0.39, 0.29) is 0 Å². The Labute approximate surface area is 58.5 Å². The van der Waals surface area contributed by atoms with Crippen LogP contribution in [0.15, 0.2) is 29.0 Å². The number of nitrogens with zero attached hydrogens (tertiary/aromatic N) is 1. The highest BCUT2D eigenvalue weighted by Gasteiger charge is 1.95. The Morgan fingerprint density at radius 2 is 2.30 bits per heavy atom. The molecule has 1 aromatic carbocycles. The Bertz CT molecular complexity index is 351. The highest BCUT2D eigenvalue weighted by atomic mass is 16.3. The maximum absolute atomic E-state index is 5.03. The zero-order valence-electron chi connectivity index (χ0n) is 5.37. The van der Waals surface area contributed by atoms with Crippen LogP contribution in [0, 0.1) is 6.92 Å². The summed E-state index contributed by atoms with van der Waals surface area (Å²) in [5, 5.41) is 0. The Morgan fingerprint density at radius 3 is 3.20 bits per heavy atom. The van der Waals surface area contributed by atoms with Crippen molar-refractivity contribution in [3.05, 3.63) is 37.1 Å². The minimum absolute atomic E-state index is 0.812. The molecule has 0 spiro atoms. The lowest BCUT2D eigenvalue weighted by atomic mass is 10.2. The Hall–Kier alpha value is -1.31. The summed E-state index contributed by atoms with van der Waals surface area (Å²) >= 11 is 0. The molecule has 0 atom stereocenters. The lowest BCUT2D eigenvalue weighted by Gasteiger charge is -1.87. The summed E-state index contributed by atoms with van der Waals surface area (Å²) in [5.41, 5.74) is 2.64. The molecule has 1 radical (unpaired) electrons. The van der Waals surface area contributed by atoms with Gasteiger partial charge in [0, 0.05) is 0 Å². The van der Waals surface area contributed by atoms with E-state index in [1.165, 1.54) is 6.39 Å². The van der Waals surface area contributed by atoms with Crippen LogP contribution in [0.25, 0.3) is 11.1 Å². The van der Waals surface area contributed by atoms with Crippen LogP contribution in [0.3, 0.4) is 0 Å². The number of oxazole rings is 1. The molecule has 0 bridgehead atoms. The molecule has 2 aromatic rings. The molecule has 1 heterocycles. The molecule has 10 heavy (non-hydrogen) atoms. The second kappa shape index (κ2) is 1.84. The van der Waals surface area contributed by atoms with Crippen molar-refractivity contribution in [2.45, 2.75) is 0 Å². The van der Waals surface area contributed by atoms with E-state index in [0.717, 1.165) is 16.7 Å². The van der Waals surface area contributed by atoms with Crippen molar-refractivity contribution < 1.29 is 4.42 Å². The summed E-state index contributed by atoms with van der Waals surface area (Å²) in [6.45, 7) is 3.77. The number of aromatic nitrogens is 1. The Morgan fingerprint density at radius 1 is 1.40 bits per heavy atom. The fraction of sp³-hybridized carbons (Fsp3) is 0. The van der Waals surface area contributed by atoms with Crippen LogP contribution < -0.4 is 0 Å². The summed E-state index contributed by atoms with van der Waals surface area (Å²) in [6, 6.07) is 5.65. The largest absolute Gasteiger partial charge is 0.443 e. The van der Waals surface area contributed by atoms with Crippen molar-refractivity contribution in [3.63, 3.8) is 0 Å². The number of hydrogen-bond acceptors (Lipinski definition) is 2. The van der Waals surface area contributed by atoms with E-state index >= 15 is 0 Å². The fourth-order valence-electron chi connectivity index (χ4n) is 0.903. The van der Waals surface area contributed by atoms with Gasteiger partial charge in [-0.3, -0.25) is 0 Å². The standard InChI is InChI=1S/C8H6NO/c1-6-2-3-8-7(4-6)9-5-10-8/h2-5H,1H2. The predicted molar refractivity (Wildman–Crippen MR) is 38.5 cm³/mol. The zero-order chi connectivity index (χ0) is 6.97. The average Bonchev–Trinajstić information content (AvgIpc) is 2.33. The maximum Gasteiger partial charge on any atom is 0.181 e. The minimum Gasteiger partial charge on any atom is -0.443 e. The van der Waals surface area contributed by atoms with Gasteiger partial charge < -0.3 is 4.42 Å². The molecular formula is C8H6NO. The number of benzene rings is 1. The molecule has 0 fully saturated rings. The molecule has 0 aliphatic heterocycles. The zero-order valence-corrected chi connectivity index (χ0v) is 5.37. The van der Waals surface area contributed by atoms with Crippen LogP contribution in [0.1, 0.15) is 5.56 Å². The lowest BCUT2D eigenvalue weighted by Crippen LogP contribution is -1.70. The topological polar surface area (TPSA) is 26.0 Å². The van der Waals surface area contributed by atoms with Crippen LogP contribution in [0.4, 0.5) is 0 Å². The van der Waals surface area contributed by atoms with E-state index in [2.05, 4.69) is 11.9 Å². The van der Waals surface area contributed by atoms with Crippen molar-refractivity contribution in [1.29, 1.82) is 0 Å². The quantitative estimate of drug-likeness (QED) is 0.548. The highest BCUT2D eigenvalue weighted by molar-refractivity contribution is 5.72. The molecule has 2 heteroatoms. The maximum atomic E-state index is 5.03. The van der Waals surface area contributed by atoms with Crippen molar-refractivity contribution in [2.24, 2.45) is 0 Å². The van der Waals surface area contributed by atoms with Crippen LogP contribution >= 0.6 is 0 Å². The third kappa shape index (κ3) is 0.692. The van der Waals surface area contributed by atoms with E-state index in [0.29, 0.717) is 0 Å². The summed E-state index contributed by atoms with van der Waals surface area (Å²) < 4.78 is 5.03. The van der Waals surface area contributed by atoms with Crippen LogP contribution in [0.2, 0.25) is 0 Å². The molecule has 0 saturated heterocycles. The van der Waals surface area contributed by atoms with E-state index in [1.807, 2.05) is 18.2 Å². The molecule has 0 N–H and O–H groups in total. The van der Waals surface area contributed by atoms with Crippen molar-refractivity contribution in [1.82, 2.24) is 4.98 Å². The van der Waals surface area contributed by atoms with E-state index < -0.39 is 0 Å². The van der Waals surface area contributed by atoms with Crippen LogP contribution in [-0.2, 0) is 0 Å². The van der Waals surface area contributed by atoms with Crippen LogP contribution in [0.5, 0.6) is 0 Å². The molecule has 2 rings (SSSR count). The first-order valence-electron chi connectivity index (χ1n) is 3.01. The number of rotatable bonds is 0. The van der Waals surface area contributed by atoms with Gasteiger partial charge in [0.2, 0.25) is 0 Å². The summed E-state index contributed by atoms with van der Waals surface area (Å²) in [5.74, 6) is 0. The molecule has 0 amide bonds. The van der Waals surface area contributed by atoms with Gasteiger partial charge in [-0.15, -0.1) is 0 Å². The van der Waals surface area contributed by atoms with Gasteiger partial charge in [0.25, 0.3) is 0 Å². The van der Waals surface area contributed by atoms with E-state index in [9.17, 15) is 0 Å².